The molecule has 1 atom stereocenters. The maximum atomic E-state index is 9.73. The minimum Gasteiger partial charge on any atom is -0.393 e. The van der Waals surface area contributed by atoms with Crippen molar-refractivity contribution < 1.29 is 5.11 Å². The average Bonchev–Trinajstić information content (AvgIpc) is 1.56. The highest BCUT2D eigenvalue weighted by Gasteiger charge is 2.35. The number of pyridine rings is 6. The van der Waals surface area contributed by atoms with E-state index >= 15 is 0 Å². The summed E-state index contributed by atoms with van der Waals surface area (Å²) in [4.78, 5) is 23.8. The van der Waals surface area contributed by atoms with Gasteiger partial charge in [-0.3, -0.25) is 29.9 Å². The summed E-state index contributed by atoms with van der Waals surface area (Å²) in [6.45, 7) is 23.1. The number of aliphatic hydroxyl groups excluding tert-OH is 1. The lowest BCUT2D eigenvalue weighted by Gasteiger charge is -2.42. The summed E-state index contributed by atoms with van der Waals surface area (Å²) in [6.07, 6.45) is 68.7. The van der Waals surface area contributed by atoms with E-state index in [2.05, 4.69) is 111 Å². The molecule has 1 N–H and O–H groups in total. The summed E-state index contributed by atoms with van der Waals surface area (Å²) in [7, 11) is 0. The van der Waals surface area contributed by atoms with Crippen molar-refractivity contribution in [3.8, 4) is 11.8 Å². The monoisotopic (exact) mass is 1750 g/mol. The lowest BCUT2D eigenvalue weighted by molar-refractivity contribution is 0.0878. The van der Waals surface area contributed by atoms with Crippen LogP contribution >= 0.6 is 139 Å². The lowest BCUT2D eigenvalue weighted by Crippen LogP contribution is -2.31. The fraction of sp³-hybridized carbons (Fsp3) is 0.652. The van der Waals surface area contributed by atoms with Crippen LogP contribution in [0.1, 0.15) is 321 Å². The SMILES string of the molecule is CC(C)(C)C#CCCCCc1c(Cl)cncc1Cl.CC1(C)CC(CCCCc2c(Cl)cncc2Cl)C1.CC1(C)CCC(CCCCc2c(Cl)cncc2Cl)CC1.CC1(C)CCC(CCCc2c(Cl)cncc2Cl)CC1.CC1(CCCCc2c(Cl)cncc2Cl)CCCCC1.OC(CCCCc1c(Cl)cncc1Cl)C1CC1. The molecule has 0 saturated heterocycles. The number of aliphatic hydroxyl groups is 1. The summed E-state index contributed by atoms with van der Waals surface area (Å²) < 4.78 is 0. The predicted molar refractivity (Wildman–Crippen MR) is 481 cm³/mol. The van der Waals surface area contributed by atoms with E-state index < -0.39 is 0 Å². The molecule has 6 heterocycles. The zero-order chi connectivity index (χ0) is 81.2. The van der Waals surface area contributed by atoms with Crippen LogP contribution in [0.25, 0.3) is 0 Å². The standard InChI is InChI=1S/C17H25Cl2N.2C16H23Cl2N.C15H21Cl2N.C15H19Cl2N.C13H17Cl2NO/c1-17(2)9-7-13(8-10-17)5-3-4-6-14-15(18)11-20-12-16(14)19;1-16(2)8-6-12(7-9-16)4-3-5-13-14(17)10-19-11-15(13)18;1-16(8-4-2-5-9-16)10-6-3-7-13-14(17)11-19-12-15(13)18;1-15(2)7-11(8-15)5-3-4-6-12-13(16)9-18-10-14(12)17;1-15(2,3)9-7-5-4-6-8-12-13(16)10-18-11-14(12)17;14-11-7-16-8-12(15)10(11)3-1-2-4-13(17)9-5-6-9/h11-13H,3-10H2,1-2H3;10-12H,3-9H2,1-2H3;11-12H,2-10H2,1H3;9-11H,3-8H2,1-2H3;10-11H,4-6,8H2,1-3H3;7-9,13,17H,1-6H2. The number of aromatic nitrogens is 6. The topological polar surface area (TPSA) is 97.6 Å². The van der Waals surface area contributed by atoms with Crippen LogP contribution in [0.5, 0.6) is 0 Å². The molecule has 19 heteroatoms. The molecule has 5 fully saturated rings. The van der Waals surface area contributed by atoms with Gasteiger partial charge in [0.2, 0.25) is 0 Å². The number of unbranched alkanes of at least 4 members (excludes halogenated alkanes) is 6. The van der Waals surface area contributed by atoms with Gasteiger partial charge in [0.25, 0.3) is 0 Å². The third-order valence-electron chi connectivity index (χ3n) is 23.2. The van der Waals surface area contributed by atoms with E-state index in [4.69, 9.17) is 139 Å². The van der Waals surface area contributed by atoms with Crippen molar-refractivity contribution in [3.63, 3.8) is 0 Å². The first kappa shape index (κ1) is 97.7. The highest BCUT2D eigenvalue weighted by molar-refractivity contribution is 6.38. The van der Waals surface area contributed by atoms with Crippen LogP contribution < -0.4 is 0 Å². The zero-order valence-electron chi connectivity index (χ0n) is 68.3. The maximum Gasteiger partial charge on any atom is 0.0636 e. The predicted octanol–water partition coefficient (Wildman–Crippen LogP) is 32.9. The smallest absolute Gasteiger partial charge is 0.0636 e. The van der Waals surface area contributed by atoms with Crippen LogP contribution in [-0.4, -0.2) is 41.1 Å². The molecule has 0 spiro atoms. The summed E-state index contributed by atoms with van der Waals surface area (Å²) in [6, 6.07) is 0. The second kappa shape index (κ2) is 50.1. The van der Waals surface area contributed by atoms with Gasteiger partial charge in [-0.25, -0.2) is 0 Å². The Kier molecular flexibility index (Phi) is 44.1. The Labute approximate surface area is 730 Å². The minimum atomic E-state index is -0.0987. The van der Waals surface area contributed by atoms with Crippen LogP contribution in [-0.2, 0) is 38.5 Å². The number of halogens is 12. The summed E-state index contributed by atoms with van der Waals surface area (Å²) >= 11 is 73.2. The Morgan fingerprint density at radius 2 is 0.640 bits per heavy atom. The van der Waals surface area contributed by atoms with Crippen molar-refractivity contribution in [1.82, 2.24) is 29.9 Å². The summed E-state index contributed by atoms with van der Waals surface area (Å²) in [5.74, 6) is 9.80. The second-order valence-electron chi connectivity index (χ2n) is 36.0. The molecule has 7 nitrogen and oxygen atoms in total. The van der Waals surface area contributed by atoms with E-state index in [0.29, 0.717) is 87.8 Å². The van der Waals surface area contributed by atoms with Crippen LogP contribution in [0.2, 0.25) is 60.3 Å². The maximum absolute atomic E-state index is 9.73. The average molecular weight is 1760 g/mol. The van der Waals surface area contributed by atoms with Gasteiger partial charge in [0, 0.05) is 86.2 Å². The molecule has 0 amide bonds. The third-order valence-corrected chi connectivity index (χ3v) is 27.1. The first-order valence-corrected chi connectivity index (χ1v) is 46.0. The Bertz CT molecular complexity index is 3630. The number of hydrogen-bond acceptors (Lipinski definition) is 7. The lowest BCUT2D eigenvalue weighted by atomic mass is 9.63. The van der Waals surface area contributed by atoms with Gasteiger partial charge in [0.05, 0.1) is 66.4 Å². The molecule has 0 radical (unpaired) electrons. The molecule has 6 aromatic rings. The first-order valence-electron chi connectivity index (χ1n) is 41.5. The fourth-order valence-electron chi connectivity index (χ4n) is 16.0. The van der Waals surface area contributed by atoms with Gasteiger partial charge in [-0.15, -0.1) is 5.92 Å². The van der Waals surface area contributed by atoms with Crippen LogP contribution in [0.3, 0.4) is 0 Å². The van der Waals surface area contributed by atoms with Gasteiger partial charge in [0.15, 0.2) is 0 Å². The second-order valence-corrected chi connectivity index (χ2v) is 40.9. The largest absolute Gasteiger partial charge is 0.393 e. The molecule has 0 bridgehead atoms. The zero-order valence-corrected chi connectivity index (χ0v) is 77.3. The van der Waals surface area contributed by atoms with Crippen molar-refractivity contribution >= 4 is 139 Å². The van der Waals surface area contributed by atoms with E-state index in [9.17, 15) is 5.11 Å². The van der Waals surface area contributed by atoms with Gasteiger partial charge in [-0.2, -0.15) is 0 Å². The normalized spacial score (nSPS) is 17.4. The quantitative estimate of drug-likeness (QED) is 0.0369. The highest BCUT2D eigenvalue weighted by Crippen LogP contribution is 2.48. The number of rotatable bonds is 29. The van der Waals surface area contributed by atoms with Gasteiger partial charge in [0.1, 0.15) is 0 Å². The molecule has 111 heavy (non-hydrogen) atoms. The minimum absolute atomic E-state index is 0.0950. The van der Waals surface area contributed by atoms with Crippen molar-refractivity contribution in [2.75, 3.05) is 0 Å². The molecule has 11 rings (SSSR count). The van der Waals surface area contributed by atoms with Crippen molar-refractivity contribution in [2.45, 2.75) is 332 Å². The molecule has 5 aliphatic carbocycles. The van der Waals surface area contributed by atoms with E-state index in [1.165, 1.54) is 180 Å². The number of nitrogens with zero attached hydrogens (tertiary/aromatic N) is 6. The summed E-state index contributed by atoms with van der Waals surface area (Å²) in [5, 5.41) is 18.0. The van der Waals surface area contributed by atoms with Gasteiger partial charge < -0.3 is 5.11 Å². The van der Waals surface area contributed by atoms with Crippen LogP contribution in [0, 0.1) is 62.6 Å². The molecule has 616 valence electrons. The van der Waals surface area contributed by atoms with Gasteiger partial charge >= 0.3 is 0 Å². The molecular weight excluding hydrogens is 1630 g/mol. The Balaban J connectivity index is 0.000000208. The van der Waals surface area contributed by atoms with E-state index in [-0.39, 0.29) is 11.5 Å². The highest BCUT2D eigenvalue weighted by atomic mass is 35.5. The van der Waals surface area contributed by atoms with E-state index in [0.717, 1.165) is 128 Å². The van der Waals surface area contributed by atoms with Crippen molar-refractivity contribution in [3.05, 3.63) is 168 Å². The summed E-state index contributed by atoms with van der Waals surface area (Å²) in [5.41, 5.74) is 8.64. The first-order chi connectivity index (χ1) is 52.6. The molecule has 5 aliphatic rings. The Morgan fingerprint density at radius 1 is 0.351 bits per heavy atom. The van der Waals surface area contributed by atoms with Crippen LogP contribution in [0.15, 0.2) is 74.4 Å². The van der Waals surface area contributed by atoms with E-state index in [1.807, 2.05) is 0 Å². The van der Waals surface area contributed by atoms with Gasteiger partial charge in [-0.1, -0.05) is 258 Å². The molecule has 1 unspecified atom stereocenters. The molecule has 5 saturated carbocycles. The molecule has 0 aromatic carbocycles. The molecular formula is C92H128Cl12N6O. The third kappa shape index (κ3) is 38.2. The Morgan fingerprint density at radius 3 is 0.955 bits per heavy atom. The van der Waals surface area contributed by atoms with Crippen molar-refractivity contribution in [1.29, 1.82) is 0 Å². The molecule has 0 aliphatic heterocycles. The molecule has 6 aromatic heterocycles. The number of hydrogen-bond donors (Lipinski definition) is 1. The Hall–Kier alpha value is -2.10. The fourth-order valence-corrected chi connectivity index (χ4v) is 19.3. The van der Waals surface area contributed by atoms with Gasteiger partial charge in [-0.05, 0) is 286 Å². The van der Waals surface area contributed by atoms with E-state index in [1.54, 1.807) is 74.4 Å². The van der Waals surface area contributed by atoms with Crippen molar-refractivity contribution in [2.24, 2.45) is 50.7 Å². The van der Waals surface area contributed by atoms with Crippen LogP contribution in [0.4, 0.5) is 0 Å².